The van der Waals surface area contributed by atoms with Gasteiger partial charge in [0.2, 0.25) is 0 Å². The summed E-state index contributed by atoms with van der Waals surface area (Å²) >= 11 is 0. The number of methoxy groups -OCH3 is 1. The van der Waals surface area contributed by atoms with Gasteiger partial charge >= 0.3 is 6.09 Å². The quantitative estimate of drug-likeness (QED) is 0.156. The number of hydrogen-bond donors (Lipinski definition) is 1. The Morgan fingerprint density at radius 3 is 1.78 bits per heavy atom. The van der Waals surface area contributed by atoms with Gasteiger partial charge in [0, 0.05) is 5.56 Å². The number of carbonyl (C=O) groups excluding carboxylic acids is 1. The van der Waals surface area contributed by atoms with Crippen LogP contribution >= 0.6 is 0 Å². The molecule has 0 radical (unpaired) electrons. The van der Waals surface area contributed by atoms with Gasteiger partial charge in [-0.15, -0.1) is 0 Å². The van der Waals surface area contributed by atoms with Crippen LogP contribution in [0.3, 0.4) is 0 Å². The van der Waals surface area contributed by atoms with Crippen LogP contribution in [0.15, 0.2) is 176 Å². The first-order chi connectivity index (χ1) is 25.2. The Morgan fingerprint density at radius 2 is 1.20 bits per heavy atom. The average Bonchev–Trinajstić information content (AvgIpc) is 3.59. The lowest BCUT2D eigenvalue weighted by molar-refractivity contribution is 0.155. The van der Waals surface area contributed by atoms with Crippen molar-refractivity contribution >= 4 is 33.5 Å². The third-order valence-electron chi connectivity index (χ3n) is 9.37. The van der Waals surface area contributed by atoms with E-state index < -0.39 is 11.6 Å². The molecule has 6 heteroatoms. The molecule has 1 amide bonds. The van der Waals surface area contributed by atoms with Crippen LogP contribution in [0.25, 0.3) is 32.9 Å². The van der Waals surface area contributed by atoms with Crippen molar-refractivity contribution in [3.8, 4) is 17.0 Å². The van der Waals surface area contributed by atoms with Gasteiger partial charge in [-0.2, -0.15) is 5.10 Å². The number of amides is 1. The second-order valence-corrected chi connectivity index (χ2v) is 12.4. The van der Waals surface area contributed by atoms with Crippen molar-refractivity contribution in [1.29, 1.82) is 0 Å². The Hall–Kier alpha value is -6.66. The number of rotatable bonds is 9. The number of hydrogen-bond acceptors (Lipinski definition) is 4. The minimum Gasteiger partial charge on any atom is -0.494 e. The van der Waals surface area contributed by atoms with E-state index in [1.165, 1.54) is 0 Å². The number of nitrogens with one attached hydrogen (secondary N) is 1. The molecule has 0 saturated carbocycles. The summed E-state index contributed by atoms with van der Waals surface area (Å²) < 4.78 is 13.9. The molecule has 8 rings (SSSR count). The first-order valence-corrected chi connectivity index (χ1v) is 16.9. The second kappa shape index (κ2) is 13.7. The van der Waals surface area contributed by atoms with Crippen LogP contribution in [0.1, 0.15) is 22.3 Å². The van der Waals surface area contributed by atoms with Crippen molar-refractivity contribution < 1.29 is 14.3 Å². The summed E-state index contributed by atoms with van der Waals surface area (Å²) in [6.07, 6.45) is -0.580. The molecule has 1 aromatic heterocycles. The summed E-state index contributed by atoms with van der Waals surface area (Å²) in [5, 5.41) is 11.5. The van der Waals surface area contributed by atoms with Crippen LogP contribution in [0.5, 0.6) is 5.75 Å². The number of aromatic nitrogens is 2. The molecular weight excluding hydrogens is 631 g/mol. The van der Waals surface area contributed by atoms with Gasteiger partial charge in [-0.25, -0.2) is 9.48 Å². The molecule has 0 aliphatic rings. The number of fused-ring (bicyclic) bond motifs is 2. The molecule has 0 saturated heterocycles. The van der Waals surface area contributed by atoms with Gasteiger partial charge in [-0.3, -0.25) is 5.32 Å². The number of nitrogens with zero attached hydrogens (tertiary/aromatic N) is 2. The summed E-state index contributed by atoms with van der Waals surface area (Å²) in [7, 11) is 1.62. The minimum atomic E-state index is -0.883. The minimum absolute atomic E-state index is 0.144. The van der Waals surface area contributed by atoms with Gasteiger partial charge in [-0.1, -0.05) is 158 Å². The zero-order chi connectivity index (χ0) is 34.6. The molecule has 0 fully saturated rings. The summed E-state index contributed by atoms with van der Waals surface area (Å²) in [5.41, 5.74) is 6.10. The smallest absolute Gasteiger partial charge is 0.412 e. The standard InChI is InChI=1S/C45H35N3O3/c1-50-43-39(46-44(49)51-31-32-16-6-2-7-17-32)28-29-40-41(43)42(35-27-26-33-18-14-15-19-34(33)30-35)47-48(40)45(36-20-8-3-9-21-36,37-22-10-4-11-23-37)38-24-12-5-13-25-38/h2-30H,31H2,1H3,(H,46,49). The zero-order valence-corrected chi connectivity index (χ0v) is 28.1. The summed E-state index contributed by atoms with van der Waals surface area (Å²) in [6.45, 7) is 0.144. The molecule has 0 unspecified atom stereocenters. The van der Waals surface area contributed by atoms with Crippen molar-refractivity contribution in [2.24, 2.45) is 0 Å². The third kappa shape index (κ3) is 5.77. The van der Waals surface area contributed by atoms with E-state index in [0.717, 1.165) is 55.2 Å². The van der Waals surface area contributed by atoms with E-state index >= 15 is 0 Å². The fourth-order valence-electron chi connectivity index (χ4n) is 7.06. The first-order valence-electron chi connectivity index (χ1n) is 16.9. The number of ether oxygens (including phenoxy) is 2. The normalized spacial score (nSPS) is 11.4. The van der Waals surface area contributed by atoms with E-state index in [9.17, 15) is 4.79 Å². The fourth-order valence-corrected chi connectivity index (χ4v) is 7.06. The number of carbonyl (C=O) groups is 1. The summed E-state index contributed by atoms with van der Waals surface area (Å²) in [6, 6.07) is 59.5. The highest BCUT2D eigenvalue weighted by molar-refractivity contribution is 6.05. The van der Waals surface area contributed by atoms with Crippen LogP contribution in [-0.2, 0) is 16.9 Å². The van der Waals surface area contributed by atoms with Crippen LogP contribution < -0.4 is 10.1 Å². The molecule has 0 aliphatic carbocycles. The first kappa shape index (κ1) is 31.6. The Kier molecular flexibility index (Phi) is 8.48. The van der Waals surface area contributed by atoms with Crippen LogP contribution in [0.2, 0.25) is 0 Å². The monoisotopic (exact) mass is 665 g/mol. The van der Waals surface area contributed by atoms with E-state index in [1.54, 1.807) is 7.11 Å². The van der Waals surface area contributed by atoms with E-state index in [2.05, 4.69) is 113 Å². The van der Waals surface area contributed by atoms with Crippen molar-refractivity contribution in [3.05, 3.63) is 198 Å². The lowest BCUT2D eigenvalue weighted by Gasteiger charge is -2.37. The molecule has 0 atom stereocenters. The Labute approximate surface area is 296 Å². The van der Waals surface area contributed by atoms with Crippen molar-refractivity contribution in [2.45, 2.75) is 12.1 Å². The van der Waals surface area contributed by atoms with E-state index in [0.29, 0.717) is 11.4 Å². The molecule has 1 N–H and O–H groups in total. The highest BCUT2D eigenvalue weighted by atomic mass is 16.5. The van der Waals surface area contributed by atoms with E-state index in [4.69, 9.17) is 14.6 Å². The SMILES string of the molecule is COc1c(NC(=O)OCc2ccccc2)ccc2c1c(-c1ccc3ccccc3c1)nn2C(c1ccccc1)(c1ccccc1)c1ccccc1. The highest BCUT2D eigenvalue weighted by Crippen LogP contribution is 2.47. The summed E-state index contributed by atoms with van der Waals surface area (Å²) in [4.78, 5) is 13.2. The van der Waals surface area contributed by atoms with Gasteiger partial charge in [0.15, 0.2) is 5.75 Å². The second-order valence-electron chi connectivity index (χ2n) is 12.4. The third-order valence-corrected chi connectivity index (χ3v) is 9.37. The van der Waals surface area contributed by atoms with Gasteiger partial charge in [0.1, 0.15) is 17.8 Å². The van der Waals surface area contributed by atoms with Crippen molar-refractivity contribution in [1.82, 2.24) is 9.78 Å². The molecule has 1 heterocycles. The van der Waals surface area contributed by atoms with Gasteiger partial charge < -0.3 is 9.47 Å². The van der Waals surface area contributed by atoms with Gasteiger partial charge in [0.25, 0.3) is 0 Å². The lowest BCUT2D eigenvalue weighted by Crippen LogP contribution is -2.38. The lowest BCUT2D eigenvalue weighted by atomic mass is 9.77. The zero-order valence-electron chi connectivity index (χ0n) is 28.1. The average molecular weight is 666 g/mol. The molecule has 0 aliphatic heterocycles. The topological polar surface area (TPSA) is 65.4 Å². The predicted molar refractivity (Wildman–Crippen MR) is 204 cm³/mol. The summed E-state index contributed by atoms with van der Waals surface area (Å²) in [5.74, 6) is 0.488. The molecule has 0 bridgehead atoms. The molecule has 248 valence electrons. The van der Waals surface area contributed by atoms with Crippen LogP contribution in [0.4, 0.5) is 10.5 Å². The highest BCUT2D eigenvalue weighted by Gasteiger charge is 2.41. The van der Waals surface area contributed by atoms with Crippen molar-refractivity contribution in [2.75, 3.05) is 12.4 Å². The van der Waals surface area contributed by atoms with Gasteiger partial charge in [-0.05, 0) is 51.2 Å². The molecule has 7 aromatic carbocycles. The Balaban J connectivity index is 1.40. The Bertz CT molecular complexity index is 2350. The van der Waals surface area contributed by atoms with Crippen molar-refractivity contribution in [3.63, 3.8) is 0 Å². The largest absolute Gasteiger partial charge is 0.494 e. The Morgan fingerprint density at radius 1 is 0.647 bits per heavy atom. The predicted octanol–water partition coefficient (Wildman–Crippen LogP) is 10.5. The maximum Gasteiger partial charge on any atom is 0.412 e. The van der Waals surface area contributed by atoms with E-state index in [-0.39, 0.29) is 6.61 Å². The van der Waals surface area contributed by atoms with E-state index in [1.807, 2.05) is 72.8 Å². The number of anilines is 1. The maximum atomic E-state index is 13.2. The molecule has 51 heavy (non-hydrogen) atoms. The molecular formula is C45H35N3O3. The molecule has 6 nitrogen and oxygen atoms in total. The molecule has 0 spiro atoms. The molecule has 8 aromatic rings. The maximum absolute atomic E-state index is 13.2. The fraction of sp³-hybridized carbons (Fsp3) is 0.0667. The van der Waals surface area contributed by atoms with Gasteiger partial charge in [0.05, 0.1) is 23.7 Å². The number of benzene rings is 7. The van der Waals surface area contributed by atoms with Crippen LogP contribution in [-0.4, -0.2) is 23.0 Å². The van der Waals surface area contributed by atoms with Crippen LogP contribution in [0, 0.1) is 0 Å².